The molecule has 0 heterocycles. The maximum absolute atomic E-state index is 12.6. The molecule has 1 N–H and O–H groups in total. The van der Waals surface area contributed by atoms with E-state index in [1.54, 1.807) is 45.0 Å². The molecule has 2 aromatic rings. The van der Waals surface area contributed by atoms with Gasteiger partial charge in [-0.2, -0.15) is 4.31 Å². The molecule has 6 heteroatoms. The Kier molecular flexibility index (Phi) is 5.75. The van der Waals surface area contributed by atoms with E-state index in [9.17, 15) is 13.2 Å². The zero-order chi connectivity index (χ0) is 17.7. The average molecular weight is 346 g/mol. The smallest absolute Gasteiger partial charge is 0.255 e. The molecular formula is C18H22N2O3S. The molecule has 0 aliphatic heterocycles. The van der Waals surface area contributed by atoms with Gasteiger partial charge in [0.15, 0.2) is 0 Å². The van der Waals surface area contributed by atoms with Crippen LogP contribution in [0.2, 0.25) is 0 Å². The fourth-order valence-corrected chi connectivity index (χ4v) is 3.92. The standard InChI is InChI=1S/C18H22N2O3S/c1-4-20(5-2)24(22,23)16-12-11-14(3)17(13-16)18(21)19-15-9-7-6-8-10-15/h6-13H,4-5H2,1-3H3,(H,19,21). The van der Waals surface area contributed by atoms with E-state index in [0.717, 1.165) is 5.56 Å². The van der Waals surface area contributed by atoms with Gasteiger partial charge in [0.1, 0.15) is 0 Å². The number of amides is 1. The minimum Gasteiger partial charge on any atom is -0.322 e. The molecule has 0 aliphatic rings. The molecule has 2 rings (SSSR count). The molecule has 2 aromatic carbocycles. The van der Waals surface area contributed by atoms with Crippen molar-refractivity contribution in [3.63, 3.8) is 0 Å². The van der Waals surface area contributed by atoms with Crippen LogP contribution in [0.1, 0.15) is 29.8 Å². The van der Waals surface area contributed by atoms with Gasteiger partial charge in [-0.1, -0.05) is 38.1 Å². The lowest BCUT2D eigenvalue weighted by Gasteiger charge is -2.19. The topological polar surface area (TPSA) is 66.5 Å². The average Bonchev–Trinajstić information content (AvgIpc) is 2.56. The van der Waals surface area contributed by atoms with E-state index < -0.39 is 10.0 Å². The predicted molar refractivity (Wildman–Crippen MR) is 95.7 cm³/mol. The third kappa shape index (κ3) is 3.83. The molecule has 0 saturated heterocycles. The van der Waals surface area contributed by atoms with E-state index in [2.05, 4.69) is 5.32 Å². The fourth-order valence-electron chi connectivity index (χ4n) is 2.44. The van der Waals surface area contributed by atoms with Crippen LogP contribution in [0.3, 0.4) is 0 Å². The minimum atomic E-state index is -3.59. The highest BCUT2D eigenvalue weighted by molar-refractivity contribution is 7.89. The van der Waals surface area contributed by atoms with Gasteiger partial charge in [-0.3, -0.25) is 4.79 Å². The molecular weight excluding hydrogens is 324 g/mol. The van der Waals surface area contributed by atoms with Crippen LogP contribution in [-0.2, 0) is 10.0 Å². The number of rotatable bonds is 6. The highest BCUT2D eigenvalue weighted by Crippen LogP contribution is 2.20. The van der Waals surface area contributed by atoms with E-state index in [1.807, 2.05) is 18.2 Å². The van der Waals surface area contributed by atoms with Crippen molar-refractivity contribution in [2.24, 2.45) is 0 Å². The van der Waals surface area contributed by atoms with Crippen LogP contribution in [-0.4, -0.2) is 31.7 Å². The zero-order valence-electron chi connectivity index (χ0n) is 14.1. The first-order chi connectivity index (χ1) is 11.4. The second-order valence-electron chi connectivity index (χ2n) is 5.39. The second-order valence-corrected chi connectivity index (χ2v) is 7.32. The number of carbonyl (C=O) groups is 1. The van der Waals surface area contributed by atoms with Crippen LogP contribution in [0, 0.1) is 6.92 Å². The lowest BCUT2D eigenvalue weighted by Crippen LogP contribution is -2.30. The molecule has 5 nitrogen and oxygen atoms in total. The maximum atomic E-state index is 12.6. The van der Waals surface area contributed by atoms with Gasteiger partial charge >= 0.3 is 0 Å². The number of hydrogen-bond donors (Lipinski definition) is 1. The minimum absolute atomic E-state index is 0.134. The lowest BCUT2D eigenvalue weighted by molar-refractivity contribution is 0.102. The number of benzene rings is 2. The molecule has 1 amide bonds. The lowest BCUT2D eigenvalue weighted by atomic mass is 10.1. The molecule has 0 spiro atoms. The van der Waals surface area contributed by atoms with Gasteiger partial charge in [0.25, 0.3) is 5.91 Å². The van der Waals surface area contributed by atoms with Crippen molar-refractivity contribution in [3.8, 4) is 0 Å². The summed E-state index contributed by atoms with van der Waals surface area (Å²) in [5.74, 6) is -0.324. The van der Waals surface area contributed by atoms with Crippen LogP contribution in [0.25, 0.3) is 0 Å². The van der Waals surface area contributed by atoms with Crippen molar-refractivity contribution in [2.75, 3.05) is 18.4 Å². The van der Waals surface area contributed by atoms with Crippen LogP contribution in [0.15, 0.2) is 53.4 Å². The summed E-state index contributed by atoms with van der Waals surface area (Å²) in [4.78, 5) is 12.6. The third-order valence-corrected chi connectivity index (χ3v) is 5.87. The number of nitrogens with zero attached hydrogens (tertiary/aromatic N) is 1. The Balaban J connectivity index is 2.37. The number of aryl methyl sites for hydroxylation is 1. The van der Waals surface area contributed by atoms with Gasteiger partial charge in [-0.05, 0) is 36.8 Å². The van der Waals surface area contributed by atoms with E-state index in [-0.39, 0.29) is 10.8 Å². The van der Waals surface area contributed by atoms with E-state index in [1.165, 1.54) is 10.4 Å². The molecule has 24 heavy (non-hydrogen) atoms. The van der Waals surface area contributed by atoms with Crippen molar-refractivity contribution in [1.29, 1.82) is 0 Å². The number of sulfonamides is 1. The number of carbonyl (C=O) groups excluding carboxylic acids is 1. The number of nitrogens with one attached hydrogen (secondary N) is 1. The van der Waals surface area contributed by atoms with Crippen LogP contribution in [0.4, 0.5) is 5.69 Å². The highest BCUT2D eigenvalue weighted by Gasteiger charge is 2.23. The van der Waals surface area contributed by atoms with E-state index >= 15 is 0 Å². The summed E-state index contributed by atoms with van der Waals surface area (Å²) in [6, 6.07) is 13.7. The summed E-state index contributed by atoms with van der Waals surface area (Å²) in [7, 11) is -3.59. The van der Waals surface area contributed by atoms with Crippen molar-refractivity contribution in [1.82, 2.24) is 4.31 Å². The number of anilines is 1. The van der Waals surface area contributed by atoms with E-state index in [0.29, 0.717) is 24.3 Å². The SMILES string of the molecule is CCN(CC)S(=O)(=O)c1ccc(C)c(C(=O)Nc2ccccc2)c1. The fraction of sp³-hybridized carbons (Fsp3) is 0.278. The molecule has 0 aliphatic carbocycles. The first-order valence-corrected chi connectivity index (χ1v) is 9.31. The summed E-state index contributed by atoms with van der Waals surface area (Å²) in [5.41, 5.74) is 1.74. The van der Waals surface area contributed by atoms with Crippen molar-refractivity contribution < 1.29 is 13.2 Å². The first-order valence-electron chi connectivity index (χ1n) is 7.87. The zero-order valence-corrected chi connectivity index (χ0v) is 14.9. The molecule has 0 fully saturated rings. The quantitative estimate of drug-likeness (QED) is 0.873. The van der Waals surface area contributed by atoms with Gasteiger partial charge in [-0.15, -0.1) is 0 Å². The summed E-state index contributed by atoms with van der Waals surface area (Å²) in [5, 5.41) is 2.79. The van der Waals surface area contributed by atoms with Gasteiger partial charge in [0.2, 0.25) is 10.0 Å². The number of hydrogen-bond acceptors (Lipinski definition) is 3. The summed E-state index contributed by atoms with van der Waals surface area (Å²) in [6.45, 7) is 6.14. The summed E-state index contributed by atoms with van der Waals surface area (Å²) < 4.78 is 26.6. The predicted octanol–water partition coefficient (Wildman–Crippen LogP) is 3.28. The Morgan fingerprint density at radius 3 is 2.25 bits per heavy atom. The Labute approximate surface area is 143 Å². The number of para-hydroxylation sites is 1. The third-order valence-electron chi connectivity index (χ3n) is 3.83. The Bertz CT molecular complexity index is 813. The van der Waals surface area contributed by atoms with Crippen LogP contribution >= 0.6 is 0 Å². The molecule has 0 bridgehead atoms. The molecule has 0 unspecified atom stereocenters. The van der Waals surface area contributed by atoms with Gasteiger partial charge in [0, 0.05) is 24.3 Å². The van der Waals surface area contributed by atoms with Crippen LogP contribution in [0.5, 0.6) is 0 Å². The van der Waals surface area contributed by atoms with Gasteiger partial charge in [0.05, 0.1) is 4.90 Å². The van der Waals surface area contributed by atoms with Gasteiger partial charge in [-0.25, -0.2) is 8.42 Å². The summed E-state index contributed by atoms with van der Waals surface area (Å²) in [6.07, 6.45) is 0. The largest absolute Gasteiger partial charge is 0.322 e. The summed E-state index contributed by atoms with van der Waals surface area (Å²) >= 11 is 0. The second kappa shape index (κ2) is 7.59. The van der Waals surface area contributed by atoms with Gasteiger partial charge < -0.3 is 5.32 Å². The normalized spacial score (nSPS) is 11.5. The first kappa shape index (κ1) is 18.2. The van der Waals surface area contributed by atoms with Crippen molar-refractivity contribution in [2.45, 2.75) is 25.7 Å². The molecule has 128 valence electrons. The Morgan fingerprint density at radius 1 is 1.04 bits per heavy atom. The van der Waals surface area contributed by atoms with Crippen LogP contribution < -0.4 is 5.32 Å². The Hall–Kier alpha value is -2.18. The Morgan fingerprint density at radius 2 is 1.67 bits per heavy atom. The molecule has 0 saturated carbocycles. The highest BCUT2D eigenvalue weighted by atomic mass is 32.2. The van der Waals surface area contributed by atoms with Crippen molar-refractivity contribution >= 4 is 21.6 Å². The maximum Gasteiger partial charge on any atom is 0.255 e. The molecule has 0 atom stereocenters. The monoisotopic (exact) mass is 346 g/mol. The van der Waals surface area contributed by atoms with Crippen molar-refractivity contribution in [3.05, 3.63) is 59.7 Å². The molecule has 0 radical (unpaired) electrons. The van der Waals surface area contributed by atoms with E-state index in [4.69, 9.17) is 0 Å². The molecule has 0 aromatic heterocycles.